The molecule has 0 aliphatic carbocycles. The second-order valence-electron chi connectivity index (χ2n) is 4.90. The molecule has 0 aromatic heterocycles. The lowest BCUT2D eigenvalue weighted by molar-refractivity contribution is 0.345. The Labute approximate surface area is 118 Å². The van der Waals surface area contributed by atoms with Gasteiger partial charge in [-0.15, -0.1) is 11.8 Å². The number of halogens is 2. The van der Waals surface area contributed by atoms with Crippen molar-refractivity contribution in [1.29, 1.82) is 0 Å². The monoisotopic (exact) mass is 291 g/mol. The minimum atomic E-state index is 0.235. The molecule has 17 heavy (non-hydrogen) atoms. The van der Waals surface area contributed by atoms with Gasteiger partial charge in [-0.05, 0) is 48.8 Å². The van der Waals surface area contributed by atoms with Crippen LogP contribution >= 0.6 is 35.0 Å². The van der Waals surface area contributed by atoms with E-state index < -0.39 is 0 Å². The highest BCUT2D eigenvalue weighted by Crippen LogP contribution is 2.31. The van der Waals surface area contributed by atoms with Crippen LogP contribution in [0.15, 0.2) is 23.1 Å². The molecule has 2 N–H and O–H groups in total. The van der Waals surface area contributed by atoms with Crippen LogP contribution in [0.4, 0.5) is 0 Å². The van der Waals surface area contributed by atoms with Gasteiger partial charge in [0.2, 0.25) is 0 Å². The minimum Gasteiger partial charge on any atom is -0.330 e. The summed E-state index contributed by atoms with van der Waals surface area (Å²) in [5, 5.41) is 1.51. The zero-order valence-corrected chi connectivity index (χ0v) is 12.6. The van der Waals surface area contributed by atoms with Crippen LogP contribution in [-0.4, -0.2) is 12.3 Å². The minimum absolute atomic E-state index is 0.235. The first-order valence-corrected chi connectivity index (χ1v) is 7.47. The molecule has 0 saturated carbocycles. The van der Waals surface area contributed by atoms with E-state index in [2.05, 4.69) is 13.8 Å². The molecule has 0 radical (unpaired) electrons. The topological polar surface area (TPSA) is 26.0 Å². The van der Waals surface area contributed by atoms with Gasteiger partial charge in [-0.25, -0.2) is 0 Å². The average molecular weight is 292 g/mol. The van der Waals surface area contributed by atoms with Gasteiger partial charge in [0.15, 0.2) is 0 Å². The molecular formula is C13H19Cl2NS. The Bertz CT molecular complexity index is 366. The van der Waals surface area contributed by atoms with E-state index >= 15 is 0 Å². The Hall–Kier alpha value is 0.110. The molecule has 0 unspecified atom stereocenters. The standard InChI is InChI=1S/C13H19Cl2NS/c1-13(2,9-16)6-3-7-17-12-8-10(14)4-5-11(12)15/h4-5,8H,3,6-7,9,16H2,1-2H3. The van der Waals surface area contributed by atoms with E-state index in [-0.39, 0.29) is 5.41 Å². The molecule has 0 aliphatic rings. The summed E-state index contributed by atoms with van der Waals surface area (Å²) in [5.41, 5.74) is 5.93. The first-order chi connectivity index (χ1) is 7.94. The molecule has 0 amide bonds. The first-order valence-electron chi connectivity index (χ1n) is 5.72. The van der Waals surface area contributed by atoms with Crippen LogP contribution in [0.5, 0.6) is 0 Å². The fraction of sp³-hybridized carbons (Fsp3) is 0.538. The maximum atomic E-state index is 6.09. The Morgan fingerprint density at radius 2 is 2.00 bits per heavy atom. The van der Waals surface area contributed by atoms with Gasteiger partial charge in [0.05, 0.1) is 5.02 Å². The SMILES string of the molecule is CC(C)(CN)CCCSc1cc(Cl)ccc1Cl. The average Bonchev–Trinajstić information content (AvgIpc) is 2.29. The van der Waals surface area contributed by atoms with Crippen molar-refractivity contribution in [2.45, 2.75) is 31.6 Å². The first kappa shape index (κ1) is 15.2. The Kier molecular flexibility index (Phi) is 6.14. The molecule has 0 fully saturated rings. The lowest BCUT2D eigenvalue weighted by Gasteiger charge is -2.21. The summed E-state index contributed by atoms with van der Waals surface area (Å²) in [4.78, 5) is 1.06. The Balaban J connectivity index is 2.38. The van der Waals surface area contributed by atoms with E-state index in [1.807, 2.05) is 18.2 Å². The summed E-state index contributed by atoms with van der Waals surface area (Å²) in [7, 11) is 0. The van der Waals surface area contributed by atoms with Crippen molar-refractivity contribution in [3.63, 3.8) is 0 Å². The number of thioether (sulfide) groups is 1. The summed E-state index contributed by atoms with van der Waals surface area (Å²) < 4.78 is 0. The molecule has 0 spiro atoms. The van der Waals surface area contributed by atoms with Gasteiger partial charge >= 0.3 is 0 Å². The second-order valence-corrected chi connectivity index (χ2v) is 6.88. The smallest absolute Gasteiger partial charge is 0.0542 e. The predicted octanol–water partition coefficient (Wildman–Crippen LogP) is 4.85. The van der Waals surface area contributed by atoms with Crippen molar-refractivity contribution >= 4 is 35.0 Å². The third-order valence-electron chi connectivity index (χ3n) is 2.70. The molecular weight excluding hydrogens is 273 g/mol. The molecule has 0 atom stereocenters. The van der Waals surface area contributed by atoms with Crippen LogP contribution in [0, 0.1) is 5.41 Å². The van der Waals surface area contributed by atoms with Gasteiger partial charge in [0.25, 0.3) is 0 Å². The van der Waals surface area contributed by atoms with Crippen LogP contribution in [0.3, 0.4) is 0 Å². The zero-order valence-electron chi connectivity index (χ0n) is 10.3. The lowest BCUT2D eigenvalue weighted by atomic mass is 9.88. The van der Waals surface area contributed by atoms with Crippen LogP contribution in [0.1, 0.15) is 26.7 Å². The molecule has 0 saturated heterocycles. The van der Waals surface area contributed by atoms with E-state index in [0.717, 1.165) is 40.1 Å². The van der Waals surface area contributed by atoms with Crippen molar-refractivity contribution in [1.82, 2.24) is 0 Å². The molecule has 1 nitrogen and oxygen atoms in total. The maximum absolute atomic E-state index is 6.09. The van der Waals surface area contributed by atoms with Crippen molar-refractivity contribution in [3.8, 4) is 0 Å². The molecule has 0 bridgehead atoms. The van der Waals surface area contributed by atoms with Crippen LogP contribution < -0.4 is 5.73 Å². The van der Waals surface area contributed by atoms with Crippen molar-refractivity contribution in [3.05, 3.63) is 28.2 Å². The summed E-state index contributed by atoms with van der Waals surface area (Å²) in [6, 6.07) is 5.57. The summed E-state index contributed by atoms with van der Waals surface area (Å²) in [6.07, 6.45) is 2.27. The number of nitrogens with two attached hydrogens (primary N) is 1. The van der Waals surface area contributed by atoms with Gasteiger partial charge in [0.1, 0.15) is 0 Å². The molecule has 1 aromatic carbocycles. The number of rotatable bonds is 6. The molecule has 0 heterocycles. The van der Waals surface area contributed by atoms with Crippen molar-refractivity contribution < 1.29 is 0 Å². The fourth-order valence-corrected chi connectivity index (χ4v) is 2.87. The van der Waals surface area contributed by atoms with E-state index in [1.54, 1.807) is 11.8 Å². The van der Waals surface area contributed by atoms with Crippen LogP contribution in [0.25, 0.3) is 0 Å². The highest BCUT2D eigenvalue weighted by molar-refractivity contribution is 7.99. The zero-order chi connectivity index (χ0) is 12.9. The molecule has 1 rings (SSSR count). The molecule has 4 heteroatoms. The van der Waals surface area contributed by atoms with Crippen molar-refractivity contribution in [2.75, 3.05) is 12.3 Å². The largest absolute Gasteiger partial charge is 0.330 e. The van der Waals surface area contributed by atoms with Gasteiger partial charge < -0.3 is 5.73 Å². The summed E-state index contributed by atoms with van der Waals surface area (Å²) >= 11 is 13.8. The maximum Gasteiger partial charge on any atom is 0.0542 e. The fourth-order valence-electron chi connectivity index (χ4n) is 1.42. The summed E-state index contributed by atoms with van der Waals surface area (Å²) in [5.74, 6) is 1.05. The van der Waals surface area contributed by atoms with Gasteiger partial charge in [-0.1, -0.05) is 37.0 Å². The summed E-state index contributed by atoms with van der Waals surface area (Å²) in [6.45, 7) is 5.13. The molecule has 1 aromatic rings. The quantitative estimate of drug-likeness (QED) is 0.599. The molecule has 0 aliphatic heterocycles. The molecule has 96 valence electrons. The third-order valence-corrected chi connectivity index (χ3v) is 4.52. The lowest BCUT2D eigenvalue weighted by Crippen LogP contribution is -2.23. The highest BCUT2D eigenvalue weighted by Gasteiger charge is 2.14. The highest BCUT2D eigenvalue weighted by atomic mass is 35.5. The van der Waals surface area contributed by atoms with E-state index in [1.165, 1.54) is 0 Å². The van der Waals surface area contributed by atoms with Crippen LogP contribution in [-0.2, 0) is 0 Å². The van der Waals surface area contributed by atoms with Crippen LogP contribution in [0.2, 0.25) is 10.0 Å². The van der Waals surface area contributed by atoms with Gasteiger partial charge in [0, 0.05) is 9.92 Å². The Morgan fingerprint density at radius 3 is 2.65 bits per heavy atom. The normalized spacial score (nSPS) is 11.8. The Morgan fingerprint density at radius 1 is 1.29 bits per heavy atom. The van der Waals surface area contributed by atoms with Crippen molar-refractivity contribution in [2.24, 2.45) is 11.1 Å². The van der Waals surface area contributed by atoms with E-state index in [0.29, 0.717) is 0 Å². The number of hydrogen-bond donors (Lipinski definition) is 1. The third kappa shape index (κ3) is 5.52. The van der Waals surface area contributed by atoms with Gasteiger partial charge in [-0.2, -0.15) is 0 Å². The number of benzene rings is 1. The second kappa shape index (κ2) is 6.89. The van der Waals surface area contributed by atoms with E-state index in [4.69, 9.17) is 28.9 Å². The predicted molar refractivity (Wildman–Crippen MR) is 79.3 cm³/mol. The van der Waals surface area contributed by atoms with Gasteiger partial charge in [-0.3, -0.25) is 0 Å². The number of hydrogen-bond acceptors (Lipinski definition) is 2. The van der Waals surface area contributed by atoms with E-state index in [9.17, 15) is 0 Å².